The molecule has 0 saturated carbocycles. The molecule has 0 saturated heterocycles. The third-order valence-corrected chi connectivity index (χ3v) is 6.94. The lowest BCUT2D eigenvalue weighted by molar-refractivity contribution is 1.32. The molecule has 3 aromatic carbocycles. The van der Waals surface area contributed by atoms with Gasteiger partial charge in [0.2, 0.25) is 0 Å². The Morgan fingerprint density at radius 2 is 1.50 bits per heavy atom. The van der Waals surface area contributed by atoms with E-state index < -0.39 is 0 Å². The number of hydrogen-bond donors (Lipinski definition) is 0. The molecule has 4 nitrogen and oxygen atoms in total. The number of aromatic nitrogens is 4. The maximum Gasteiger partial charge on any atom is 0.195 e. The van der Waals surface area contributed by atoms with E-state index >= 15 is 0 Å². The minimum atomic E-state index is 0.951. The van der Waals surface area contributed by atoms with Crippen LogP contribution < -0.4 is 0 Å². The summed E-state index contributed by atoms with van der Waals surface area (Å²) in [6.45, 7) is 0. The molecule has 32 heavy (non-hydrogen) atoms. The molecule has 0 radical (unpaired) electrons. The van der Waals surface area contributed by atoms with Crippen LogP contribution in [0.5, 0.6) is 0 Å². The first-order valence-electron chi connectivity index (χ1n) is 10.5. The van der Waals surface area contributed by atoms with Crippen LogP contribution in [0.4, 0.5) is 0 Å². The van der Waals surface area contributed by atoms with E-state index in [0.29, 0.717) is 0 Å². The Morgan fingerprint density at radius 1 is 0.688 bits per heavy atom. The highest BCUT2D eigenvalue weighted by Crippen LogP contribution is 2.37. The molecule has 0 bridgehead atoms. The molecule has 5 heteroatoms. The fraction of sp³-hybridized carbons (Fsp3) is 0. The van der Waals surface area contributed by atoms with E-state index in [1.165, 1.54) is 10.2 Å². The van der Waals surface area contributed by atoms with Gasteiger partial charge in [-0.25, -0.2) is 9.97 Å². The number of thiazole rings is 1. The number of pyridine rings is 2. The summed E-state index contributed by atoms with van der Waals surface area (Å²) in [7, 11) is 0. The highest BCUT2D eigenvalue weighted by atomic mass is 32.1. The molecule has 0 aliphatic rings. The van der Waals surface area contributed by atoms with Gasteiger partial charge in [-0.3, -0.25) is 9.38 Å². The fourth-order valence-electron chi connectivity index (χ4n) is 4.42. The zero-order chi connectivity index (χ0) is 21.1. The standard InChI is InChI=1S/C27H16N4S/c1-2-8-21-20(7-1)25-26(31-22-9-3-4-10-23(22)32-27(31)30-25)24(29-21)18-13-11-17(12-14-18)19-6-5-15-28-16-19/h1-16H. The van der Waals surface area contributed by atoms with E-state index in [2.05, 4.69) is 82.2 Å². The van der Waals surface area contributed by atoms with Crippen molar-refractivity contribution in [2.75, 3.05) is 0 Å². The minimum Gasteiger partial charge on any atom is -0.281 e. The smallest absolute Gasteiger partial charge is 0.195 e. The number of rotatable bonds is 2. The van der Waals surface area contributed by atoms with Gasteiger partial charge in [0.25, 0.3) is 0 Å². The summed E-state index contributed by atoms with van der Waals surface area (Å²) in [5, 5.41) is 1.08. The first kappa shape index (κ1) is 17.6. The number of hydrogen-bond acceptors (Lipinski definition) is 4. The van der Waals surface area contributed by atoms with Gasteiger partial charge in [0.15, 0.2) is 4.96 Å². The van der Waals surface area contributed by atoms with Crippen molar-refractivity contribution in [3.05, 3.63) is 97.3 Å². The predicted octanol–water partition coefficient (Wildman–Crippen LogP) is 6.98. The van der Waals surface area contributed by atoms with Crippen molar-refractivity contribution in [1.82, 2.24) is 19.4 Å². The molecule has 0 unspecified atom stereocenters. The number of nitrogens with zero attached hydrogens (tertiary/aromatic N) is 4. The van der Waals surface area contributed by atoms with E-state index in [-0.39, 0.29) is 0 Å². The molecule has 4 aromatic heterocycles. The van der Waals surface area contributed by atoms with Crippen LogP contribution in [0.2, 0.25) is 0 Å². The zero-order valence-corrected chi connectivity index (χ0v) is 17.8. The first-order valence-corrected chi connectivity index (χ1v) is 11.3. The fourth-order valence-corrected chi connectivity index (χ4v) is 5.45. The SMILES string of the molecule is c1cncc(-c2ccc(-c3nc4ccccc4c4nc5sc6ccccc6n5c34)cc2)c1. The summed E-state index contributed by atoms with van der Waals surface area (Å²) >= 11 is 1.72. The Morgan fingerprint density at radius 3 is 2.38 bits per heavy atom. The Kier molecular flexibility index (Phi) is 3.68. The van der Waals surface area contributed by atoms with Gasteiger partial charge in [-0.2, -0.15) is 0 Å². The molecule has 0 amide bonds. The van der Waals surface area contributed by atoms with E-state index in [1.54, 1.807) is 17.5 Å². The number of benzene rings is 3. The predicted molar refractivity (Wildman–Crippen MR) is 132 cm³/mol. The number of para-hydroxylation sites is 2. The molecule has 150 valence electrons. The third kappa shape index (κ3) is 2.52. The van der Waals surface area contributed by atoms with Crippen LogP contribution >= 0.6 is 11.3 Å². The Bertz CT molecular complexity index is 1760. The molecule has 0 N–H and O–H groups in total. The average Bonchev–Trinajstić information content (AvgIpc) is 3.41. The van der Waals surface area contributed by atoms with Crippen LogP contribution in [-0.4, -0.2) is 19.4 Å². The van der Waals surface area contributed by atoms with Crippen molar-refractivity contribution in [3.8, 4) is 22.4 Å². The van der Waals surface area contributed by atoms with Gasteiger partial charge >= 0.3 is 0 Å². The Hall–Kier alpha value is -4.09. The summed E-state index contributed by atoms with van der Waals surface area (Å²) in [6.07, 6.45) is 3.68. The van der Waals surface area contributed by atoms with Gasteiger partial charge in [0.05, 0.1) is 21.4 Å². The second-order valence-corrected chi connectivity index (χ2v) is 8.80. The van der Waals surface area contributed by atoms with E-state index in [0.717, 1.165) is 49.3 Å². The molecule has 7 rings (SSSR count). The maximum absolute atomic E-state index is 5.12. The lowest BCUT2D eigenvalue weighted by Crippen LogP contribution is -1.92. The van der Waals surface area contributed by atoms with Crippen LogP contribution in [0.1, 0.15) is 0 Å². The Balaban J connectivity index is 1.56. The normalized spacial score (nSPS) is 11.8. The van der Waals surface area contributed by atoms with Crippen molar-refractivity contribution in [1.29, 1.82) is 0 Å². The lowest BCUT2D eigenvalue weighted by atomic mass is 10.0. The topological polar surface area (TPSA) is 43.1 Å². The lowest BCUT2D eigenvalue weighted by Gasteiger charge is -2.08. The van der Waals surface area contributed by atoms with Gasteiger partial charge in [-0.05, 0) is 35.4 Å². The van der Waals surface area contributed by atoms with Crippen molar-refractivity contribution >= 4 is 48.5 Å². The minimum absolute atomic E-state index is 0.951. The molecular formula is C27H16N4S. The third-order valence-electron chi connectivity index (χ3n) is 5.92. The average molecular weight is 429 g/mol. The van der Waals surface area contributed by atoms with Gasteiger partial charge in [-0.1, -0.05) is 72.0 Å². The summed E-state index contributed by atoms with van der Waals surface area (Å²) in [4.78, 5) is 15.4. The van der Waals surface area contributed by atoms with Crippen molar-refractivity contribution in [3.63, 3.8) is 0 Å². The van der Waals surface area contributed by atoms with Crippen LogP contribution in [0.3, 0.4) is 0 Å². The van der Waals surface area contributed by atoms with Gasteiger partial charge in [0, 0.05) is 23.3 Å². The van der Waals surface area contributed by atoms with Crippen LogP contribution in [-0.2, 0) is 0 Å². The van der Waals surface area contributed by atoms with E-state index in [9.17, 15) is 0 Å². The molecule has 0 aliphatic carbocycles. The second kappa shape index (κ2) is 6.70. The number of imidazole rings is 1. The van der Waals surface area contributed by atoms with Crippen LogP contribution in [0.25, 0.3) is 59.5 Å². The Labute approximate surface area is 187 Å². The molecule has 0 aliphatic heterocycles. The van der Waals surface area contributed by atoms with Gasteiger partial charge in [0.1, 0.15) is 11.0 Å². The molecule has 4 heterocycles. The number of fused-ring (bicyclic) bond motifs is 7. The highest BCUT2D eigenvalue weighted by molar-refractivity contribution is 7.23. The van der Waals surface area contributed by atoms with Gasteiger partial charge in [-0.15, -0.1) is 0 Å². The molecule has 0 fully saturated rings. The van der Waals surface area contributed by atoms with Crippen molar-refractivity contribution < 1.29 is 0 Å². The molecule has 0 atom stereocenters. The highest BCUT2D eigenvalue weighted by Gasteiger charge is 2.19. The summed E-state index contributed by atoms with van der Waals surface area (Å²) in [5.74, 6) is 0. The first-order chi connectivity index (χ1) is 15.9. The van der Waals surface area contributed by atoms with Gasteiger partial charge < -0.3 is 0 Å². The second-order valence-electron chi connectivity index (χ2n) is 7.79. The quantitative estimate of drug-likeness (QED) is 0.298. The maximum atomic E-state index is 5.12. The summed E-state index contributed by atoms with van der Waals surface area (Å²) in [6, 6.07) is 29.3. The van der Waals surface area contributed by atoms with Crippen molar-refractivity contribution in [2.45, 2.75) is 0 Å². The van der Waals surface area contributed by atoms with E-state index in [1.807, 2.05) is 18.3 Å². The summed E-state index contributed by atoms with van der Waals surface area (Å²) in [5.41, 5.74) is 8.45. The summed E-state index contributed by atoms with van der Waals surface area (Å²) < 4.78 is 3.49. The zero-order valence-electron chi connectivity index (χ0n) is 16.9. The van der Waals surface area contributed by atoms with Crippen molar-refractivity contribution in [2.24, 2.45) is 0 Å². The van der Waals surface area contributed by atoms with Crippen LogP contribution in [0.15, 0.2) is 97.3 Å². The van der Waals surface area contributed by atoms with E-state index in [4.69, 9.17) is 9.97 Å². The molecule has 0 spiro atoms. The molecular weight excluding hydrogens is 412 g/mol. The van der Waals surface area contributed by atoms with Crippen LogP contribution in [0, 0.1) is 0 Å². The molecule has 7 aromatic rings. The largest absolute Gasteiger partial charge is 0.281 e. The monoisotopic (exact) mass is 428 g/mol.